The van der Waals surface area contributed by atoms with Crippen LogP contribution in [0.2, 0.25) is 0 Å². The molecule has 0 radical (unpaired) electrons. The Hall–Kier alpha value is -2.37. The van der Waals surface area contributed by atoms with Crippen LogP contribution in [0, 0.1) is 24.7 Å². The number of methoxy groups -OCH3 is 1. The van der Waals surface area contributed by atoms with Crippen molar-refractivity contribution in [3.05, 3.63) is 29.3 Å². The number of anilines is 1. The van der Waals surface area contributed by atoms with Crippen LogP contribution in [0.3, 0.4) is 0 Å². The number of nitrogens with one attached hydrogen (secondary N) is 1. The molecule has 6 heteroatoms. The van der Waals surface area contributed by atoms with E-state index in [0.717, 1.165) is 18.4 Å². The second kappa shape index (κ2) is 8.33. The van der Waals surface area contributed by atoms with Gasteiger partial charge in [-0.25, -0.2) is 4.79 Å². The minimum Gasteiger partial charge on any atom is -0.465 e. The Kier molecular flexibility index (Phi) is 6.06. The van der Waals surface area contributed by atoms with Crippen LogP contribution in [-0.2, 0) is 14.3 Å². The number of aryl methyl sites for hydroxylation is 1. The summed E-state index contributed by atoms with van der Waals surface area (Å²) in [5.74, 6) is 0.154. The van der Waals surface area contributed by atoms with Gasteiger partial charge in [-0.2, -0.15) is 0 Å². The van der Waals surface area contributed by atoms with Crippen LogP contribution in [-0.4, -0.2) is 42.4 Å². The fraction of sp³-hybridized carbons (Fsp3) is 0.591. The van der Waals surface area contributed by atoms with E-state index in [1.165, 1.54) is 13.5 Å². The first-order chi connectivity index (χ1) is 13.3. The van der Waals surface area contributed by atoms with Crippen molar-refractivity contribution < 1.29 is 19.1 Å². The molecule has 1 saturated heterocycles. The molecule has 6 nitrogen and oxygen atoms in total. The van der Waals surface area contributed by atoms with Crippen molar-refractivity contribution in [1.82, 2.24) is 4.90 Å². The number of amides is 2. The number of hydrogen-bond donors (Lipinski definition) is 1. The molecule has 1 aliphatic heterocycles. The molecule has 2 aliphatic rings. The first-order valence-electron chi connectivity index (χ1n) is 10.1. The Morgan fingerprint density at radius 2 is 1.96 bits per heavy atom. The highest BCUT2D eigenvalue weighted by atomic mass is 16.5. The molecule has 28 heavy (non-hydrogen) atoms. The zero-order valence-electron chi connectivity index (χ0n) is 17.2. The third kappa shape index (κ3) is 4.05. The summed E-state index contributed by atoms with van der Waals surface area (Å²) in [4.78, 5) is 39.1. The van der Waals surface area contributed by atoms with E-state index >= 15 is 0 Å². The largest absolute Gasteiger partial charge is 0.465 e. The van der Waals surface area contributed by atoms with Gasteiger partial charge in [0.25, 0.3) is 0 Å². The molecule has 152 valence electrons. The van der Waals surface area contributed by atoms with Gasteiger partial charge < -0.3 is 15.0 Å². The maximum absolute atomic E-state index is 12.8. The van der Waals surface area contributed by atoms with Crippen molar-refractivity contribution in [2.24, 2.45) is 17.8 Å². The van der Waals surface area contributed by atoms with Gasteiger partial charge in [-0.15, -0.1) is 0 Å². The second-order valence-electron chi connectivity index (χ2n) is 8.29. The number of carbonyl (C=O) groups excluding carboxylic acids is 3. The number of esters is 1. The van der Waals surface area contributed by atoms with E-state index in [1.54, 1.807) is 18.2 Å². The maximum atomic E-state index is 12.8. The predicted octanol–water partition coefficient (Wildman–Crippen LogP) is 3.39. The number of likely N-dealkylation sites (tertiary alicyclic amines) is 1. The lowest BCUT2D eigenvalue weighted by Crippen LogP contribution is -2.45. The molecule has 1 heterocycles. The van der Waals surface area contributed by atoms with Gasteiger partial charge in [0.1, 0.15) is 0 Å². The molecule has 0 bridgehead atoms. The van der Waals surface area contributed by atoms with Crippen molar-refractivity contribution in [2.75, 3.05) is 19.0 Å². The predicted molar refractivity (Wildman–Crippen MR) is 107 cm³/mol. The minimum absolute atomic E-state index is 0.0751. The SMILES string of the molecule is COC(=O)c1ccc(C)c(NC(=O)[C@@H]2CC(=O)N([C@@H]3CCC[C@H](C)[C@H]3C)C2)c1. The van der Waals surface area contributed by atoms with E-state index in [-0.39, 0.29) is 30.2 Å². The second-order valence-corrected chi connectivity index (χ2v) is 8.29. The van der Waals surface area contributed by atoms with Crippen molar-refractivity contribution in [3.8, 4) is 0 Å². The fourth-order valence-corrected chi connectivity index (χ4v) is 4.46. The summed E-state index contributed by atoms with van der Waals surface area (Å²) in [6.45, 7) is 6.81. The number of ether oxygens (including phenoxy) is 1. The summed E-state index contributed by atoms with van der Waals surface area (Å²) in [6.07, 6.45) is 3.61. The first-order valence-corrected chi connectivity index (χ1v) is 10.1. The lowest BCUT2D eigenvalue weighted by atomic mass is 9.77. The molecule has 2 amide bonds. The molecule has 3 rings (SSSR count). The molecule has 2 fully saturated rings. The van der Waals surface area contributed by atoms with E-state index in [0.29, 0.717) is 29.6 Å². The Bertz CT molecular complexity index is 776. The molecule has 4 atom stereocenters. The zero-order chi connectivity index (χ0) is 20.4. The molecule has 1 aliphatic carbocycles. The van der Waals surface area contributed by atoms with Gasteiger partial charge in [-0.3, -0.25) is 9.59 Å². The van der Waals surface area contributed by atoms with Gasteiger partial charge in [-0.1, -0.05) is 32.8 Å². The van der Waals surface area contributed by atoms with Crippen molar-refractivity contribution in [1.29, 1.82) is 0 Å². The number of benzene rings is 1. The molecule has 1 N–H and O–H groups in total. The van der Waals surface area contributed by atoms with Crippen LogP contribution < -0.4 is 5.32 Å². The van der Waals surface area contributed by atoms with E-state index in [9.17, 15) is 14.4 Å². The number of hydrogen-bond acceptors (Lipinski definition) is 4. The van der Waals surface area contributed by atoms with Crippen LogP contribution >= 0.6 is 0 Å². The summed E-state index contributed by atoms with van der Waals surface area (Å²) < 4.78 is 4.75. The highest BCUT2D eigenvalue weighted by Crippen LogP contribution is 2.36. The minimum atomic E-state index is -0.446. The molecule has 1 saturated carbocycles. The molecule has 0 spiro atoms. The van der Waals surface area contributed by atoms with Gasteiger partial charge in [0.05, 0.1) is 18.6 Å². The average molecular weight is 386 g/mol. The standard InChI is InChI=1S/C22H30N2O4/c1-13-6-5-7-19(15(13)3)24-12-17(11-20(24)25)21(26)23-18-10-16(22(27)28-4)9-8-14(18)2/h8-10,13,15,17,19H,5-7,11-12H2,1-4H3,(H,23,26)/t13-,15+,17+,19+/m0/s1. The van der Waals surface area contributed by atoms with Crippen molar-refractivity contribution in [3.63, 3.8) is 0 Å². The van der Waals surface area contributed by atoms with Crippen LogP contribution in [0.5, 0.6) is 0 Å². The number of carbonyl (C=O) groups is 3. The van der Waals surface area contributed by atoms with Gasteiger partial charge in [-0.05, 0) is 42.9 Å². The van der Waals surface area contributed by atoms with Gasteiger partial charge >= 0.3 is 5.97 Å². The highest BCUT2D eigenvalue weighted by molar-refractivity contribution is 5.99. The molecular weight excluding hydrogens is 356 g/mol. The Labute approximate surface area is 166 Å². The number of rotatable bonds is 4. The smallest absolute Gasteiger partial charge is 0.337 e. The normalized spacial score (nSPS) is 27.6. The van der Waals surface area contributed by atoms with E-state index < -0.39 is 5.97 Å². The topological polar surface area (TPSA) is 75.7 Å². The Morgan fingerprint density at radius 3 is 2.68 bits per heavy atom. The molecule has 1 aromatic rings. The maximum Gasteiger partial charge on any atom is 0.337 e. The van der Waals surface area contributed by atoms with E-state index in [1.807, 2.05) is 11.8 Å². The van der Waals surface area contributed by atoms with Crippen LogP contribution in [0.15, 0.2) is 18.2 Å². The van der Waals surface area contributed by atoms with Gasteiger partial charge in [0.2, 0.25) is 11.8 Å². The summed E-state index contributed by atoms with van der Waals surface area (Å²) in [6, 6.07) is 5.30. The average Bonchev–Trinajstić information content (AvgIpc) is 3.06. The molecule has 1 aromatic carbocycles. The Morgan fingerprint density at radius 1 is 1.21 bits per heavy atom. The lowest BCUT2D eigenvalue weighted by molar-refractivity contribution is -0.131. The van der Waals surface area contributed by atoms with Crippen LogP contribution in [0.25, 0.3) is 0 Å². The number of nitrogens with zero attached hydrogens (tertiary/aromatic N) is 1. The van der Waals surface area contributed by atoms with E-state index in [2.05, 4.69) is 19.2 Å². The van der Waals surface area contributed by atoms with Crippen LogP contribution in [0.1, 0.15) is 55.5 Å². The van der Waals surface area contributed by atoms with Gasteiger partial charge in [0.15, 0.2) is 0 Å². The monoisotopic (exact) mass is 386 g/mol. The molecule has 0 aromatic heterocycles. The summed E-state index contributed by atoms with van der Waals surface area (Å²) in [5, 5.41) is 2.91. The quantitative estimate of drug-likeness (QED) is 0.805. The fourth-order valence-electron chi connectivity index (χ4n) is 4.46. The molecule has 0 unspecified atom stereocenters. The third-order valence-electron chi connectivity index (χ3n) is 6.51. The zero-order valence-corrected chi connectivity index (χ0v) is 17.2. The van der Waals surface area contributed by atoms with Crippen molar-refractivity contribution in [2.45, 2.75) is 52.5 Å². The van der Waals surface area contributed by atoms with E-state index in [4.69, 9.17) is 4.74 Å². The van der Waals surface area contributed by atoms with Gasteiger partial charge in [0, 0.05) is 24.7 Å². The van der Waals surface area contributed by atoms with Crippen LogP contribution in [0.4, 0.5) is 5.69 Å². The first kappa shape index (κ1) is 20.4. The highest BCUT2D eigenvalue weighted by Gasteiger charge is 2.41. The molecular formula is C22H30N2O4. The summed E-state index contributed by atoms with van der Waals surface area (Å²) >= 11 is 0. The summed E-state index contributed by atoms with van der Waals surface area (Å²) in [5.41, 5.74) is 1.83. The lowest BCUT2D eigenvalue weighted by Gasteiger charge is -2.40. The van der Waals surface area contributed by atoms with Crippen molar-refractivity contribution >= 4 is 23.5 Å². The third-order valence-corrected chi connectivity index (χ3v) is 6.51. The Balaban J connectivity index is 1.69. The summed E-state index contributed by atoms with van der Waals surface area (Å²) in [7, 11) is 1.33.